The molecule has 26 heavy (non-hydrogen) atoms. The molecule has 142 valence electrons. The molecule has 4 heteroatoms. The molecule has 1 aliphatic carbocycles. The van der Waals surface area contributed by atoms with Crippen LogP contribution in [0.3, 0.4) is 0 Å². The van der Waals surface area contributed by atoms with Crippen LogP contribution in [0.25, 0.3) is 0 Å². The van der Waals surface area contributed by atoms with E-state index in [9.17, 15) is 9.59 Å². The Bertz CT molecular complexity index is 622. The highest BCUT2D eigenvalue weighted by atomic mass is 16.2. The Kier molecular flexibility index (Phi) is 6.00. The summed E-state index contributed by atoms with van der Waals surface area (Å²) in [6, 6.07) is 10.4. The van der Waals surface area contributed by atoms with Crippen molar-refractivity contribution in [3.8, 4) is 0 Å². The van der Waals surface area contributed by atoms with Gasteiger partial charge in [-0.2, -0.15) is 0 Å². The van der Waals surface area contributed by atoms with Crippen LogP contribution in [-0.2, 0) is 16.0 Å². The van der Waals surface area contributed by atoms with Crippen molar-refractivity contribution >= 4 is 11.8 Å². The molecule has 1 aromatic carbocycles. The Morgan fingerprint density at radius 3 is 2.46 bits per heavy atom. The third kappa shape index (κ3) is 3.94. The molecule has 0 aromatic heterocycles. The van der Waals surface area contributed by atoms with Crippen LogP contribution in [0, 0.1) is 0 Å². The van der Waals surface area contributed by atoms with Crippen LogP contribution >= 0.6 is 0 Å². The molecule has 1 saturated heterocycles. The van der Waals surface area contributed by atoms with Crippen molar-refractivity contribution in [3.05, 3.63) is 35.9 Å². The number of carbonyl (C=O) groups is 2. The smallest absolute Gasteiger partial charge is 0.223 e. The zero-order valence-corrected chi connectivity index (χ0v) is 16.2. The lowest BCUT2D eigenvalue weighted by atomic mass is 9.79. The SMILES string of the molecule is CCN(C(C)=O)C1CN(C(=O)CCc2ccccc2)C2(CCCCC2)C1. The molecule has 0 bridgehead atoms. The molecule has 0 N–H and O–H groups in total. The number of nitrogens with zero attached hydrogens (tertiary/aromatic N) is 2. The molecule has 1 spiro atoms. The molecule has 1 atom stereocenters. The molecule has 1 saturated carbocycles. The molecule has 3 rings (SSSR count). The largest absolute Gasteiger partial charge is 0.338 e. The number of likely N-dealkylation sites (N-methyl/N-ethyl adjacent to an activating group) is 1. The van der Waals surface area contributed by atoms with Crippen LogP contribution in [0.5, 0.6) is 0 Å². The van der Waals surface area contributed by atoms with E-state index in [1.165, 1.54) is 24.8 Å². The number of carbonyl (C=O) groups excluding carboxylic acids is 2. The fourth-order valence-electron chi connectivity index (χ4n) is 5.05. The summed E-state index contributed by atoms with van der Waals surface area (Å²) < 4.78 is 0. The van der Waals surface area contributed by atoms with E-state index in [1.807, 2.05) is 30.0 Å². The highest BCUT2D eigenvalue weighted by Gasteiger charge is 2.49. The molecule has 2 aliphatic rings. The molecule has 4 nitrogen and oxygen atoms in total. The Hall–Kier alpha value is -1.84. The third-order valence-electron chi connectivity index (χ3n) is 6.32. The number of amides is 2. The summed E-state index contributed by atoms with van der Waals surface area (Å²) in [5.74, 6) is 0.389. The highest BCUT2D eigenvalue weighted by molar-refractivity contribution is 5.78. The van der Waals surface area contributed by atoms with E-state index < -0.39 is 0 Å². The van der Waals surface area contributed by atoms with Gasteiger partial charge in [-0.3, -0.25) is 9.59 Å². The lowest BCUT2D eigenvalue weighted by Gasteiger charge is -2.41. The average molecular weight is 357 g/mol. The zero-order valence-electron chi connectivity index (χ0n) is 16.2. The van der Waals surface area contributed by atoms with Crippen molar-refractivity contribution in [2.75, 3.05) is 13.1 Å². The minimum atomic E-state index is -0.0143. The van der Waals surface area contributed by atoms with E-state index in [-0.39, 0.29) is 23.4 Å². The standard InChI is InChI=1S/C22H32N2O2/c1-3-23(18(2)25)20-16-22(14-8-5-9-15-22)24(17-20)21(26)13-12-19-10-6-4-7-11-19/h4,6-7,10-11,20H,3,5,8-9,12-17H2,1-2H3. The normalized spacial score (nSPS) is 21.8. The van der Waals surface area contributed by atoms with Crippen molar-refractivity contribution in [1.29, 1.82) is 0 Å². The first-order valence-electron chi connectivity index (χ1n) is 10.2. The number of likely N-dealkylation sites (tertiary alicyclic amines) is 1. The Balaban J connectivity index is 1.73. The van der Waals surface area contributed by atoms with Crippen LogP contribution in [0.1, 0.15) is 64.4 Å². The summed E-state index contributed by atoms with van der Waals surface area (Å²) in [5.41, 5.74) is 1.20. The van der Waals surface area contributed by atoms with Crippen LogP contribution in [-0.4, -0.2) is 46.3 Å². The second-order valence-electron chi connectivity index (χ2n) is 7.94. The van der Waals surface area contributed by atoms with Crippen LogP contribution < -0.4 is 0 Å². The van der Waals surface area contributed by atoms with Gasteiger partial charge in [0, 0.05) is 32.0 Å². The predicted molar refractivity (Wildman–Crippen MR) is 104 cm³/mol. The van der Waals surface area contributed by atoms with E-state index in [4.69, 9.17) is 0 Å². The Morgan fingerprint density at radius 1 is 1.15 bits per heavy atom. The maximum absolute atomic E-state index is 13.1. The lowest BCUT2D eigenvalue weighted by Crippen LogP contribution is -2.48. The van der Waals surface area contributed by atoms with Gasteiger partial charge in [-0.1, -0.05) is 49.6 Å². The predicted octanol–water partition coefficient (Wildman–Crippen LogP) is 3.79. The molecule has 1 aromatic rings. The lowest BCUT2D eigenvalue weighted by molar-refractivity contribution is -0.137. The molecular weight excluding hydrogens is 324 g/mol. The van der Waals surface area contributed by atoms with Gasteiger partial charge in [-0.25, -0.2) is 0 Å². The van der Waals surface area contributed by atoms with E-state index in [0.717, 1.165) is 32.2 Å². The Labute approximate surface area is 157 Å². The van der Waals surface area contributed by atoms with E-state index >= 15 is 0 Å². The quantitative estimate of drug-likeness (QED) is 0.805. The van der Waals surface area contributed by atoms with Gasteiger partial charge in [-0.05, 0) is 38.2 Å². The summed E-state index contributed by atoms with van der Waals surface area (Å²) in [6.45, 7) is 5.12. The molecule has 1 unspecified atom stereocenters. The second-order valence-corrected chi connectivity index (χ2v) is 7.94. The summed E-state index contributed by atoms with van der Waals surface area (Å²) in [6.07, 6.45) is 8.15. The number of hydrogen-bond acceptors (Lipinski definition) is 2. The molecular formula is C22H32N2O2. The summed E-state index contributed by atoms with van der Waals surface area (Å²) in [4.78, 5) is 29.3. The number of benzene rings is 1. The maximum Gasteiger partial charge on any atom is 0.223 e. The fraction of sp³-hybridized carbons (Fsp3) is 0.636. The van der Waals surface area contributed by atoms with E-state index in [0.29, 0.717) is 13.0 Å². The van der Waals surface area contributed by atoms with Gasteiger partial charge in [0.15, 0.2) is 0 Å². The van der Waals surface area contributed by atoms with Crippen LogP contribution in [0.15, 0.2) is 30.3 Å². The van der Waals surface area contributed by atoms with Gasteiger partial charge in [0.2, 0.25) is 11.8 Å². The van der Waals surface area contributed by atoms with Crippen LogP contribution in [0.4, 0.5) is 0 Å². The average Bonchev–Trinajstić information content (AvgIpc) is 2.99. The van der Waals surface area contributed by atoms with Crippen molar-refractivity contribution in [1.82, 2.24) is 9.80 Å². The molecule has 1 aliphatic heterocycles. The molecule has 0 radical (unpaired) electrons. The Morgan fingerprint density at radius 2 is 1.85 bits per heavy atom. The molecule has 1 heterocycles. The second kappa shape index (κ2) is 8.24. The van der Waals surface area contributed by atoms with Gasteiger partial charge in [-0.15, -0.1) is 0 Å². The summed E-state index contributed by atoms with van der Waals surface area (Å²) in [7, 11) is 0. The maximum atomic E-state index is 13.1. The topological polar surface area (TPSA) is 40.6 Å². The minimum absolute atomic E-state index is 0.0143. The summed E-state index contributed by atoms with van der Waals surface area (Å²) >= 11 is 0. The number of aryl methyl sites for hydroxylation is 1. The number of rotatable bonds is 5. The first-order valence-corrected chi connectivity index (χ1v) is 10.2. The molecule has 2 fully saturated rings. The van der Waals surface area contributed by atoms with Crippen molar-refractivity contribution in [2.24, 2.45) is 0 Å². The van der Waals surface area contributed by atoms with Crippen LogP contribution in [0.2, 0.25) is 0 Å². The van der Waals surface area contributed by atoms with Gasteiger partial charge >= 0.3 is 0 Å². The third-order valence-corrected chi connectivity index (χ3v) is 6.32. The first kappa shape index (κ1) is 18.9. The highest BCUT2D eigenvalue weighted by Crippen LogP contribution is 2.43. The molecule has 2 amide bonds. The van der Waals surface area contributed by atoms with Crippen molar-refractivity contribution < 1.29 is 9.59 Å². The van der Waals surface area contributed by atoms with Crippen molar-refractivity contribution in [2.45, 2.75) is 76.8 Å². The number of hydrogen-bond donors (Lipinski definition) is 0. The van der Waals surface area contributed by atoms with Gasteiger partial charge in [0.05, 0.1) is 6.04 Å². The van der Waals surface area contributed by atoms with Crippen molar-refractivity contribution in [3.63, 3.8) is 0 Å². The van der Waals surface area contributed by atoms with Gasteiger partial charge < -0.3 is 9.80 Å². The first-order chi connectivity index (χ1) is 12.6. The fourth-order valence-corrected chi connectivity index (χ4v) is 5.05. The van der Waals surface area contributed by atoms with Gasteiger partial charge in [0.25, 0.3) is 0 Å². The summed E-state index contributed by atoms with van der Waals surface area (Å²) in [5, 5.41) is 0. The van der Waals surface area contributed by atoms with E-state index in [1.54, 1.807) is 6.92 Å². The zero-order chi connectivity index (χ0) is 18.6. The minimum Gasteiger partial charge on any atom is -0.338 e. The van der Waals surface area contributed by atoms with Gasteiger partial charge in [0.1, 0.15) is 0 Å². The monoisotopic (exact) mass is 356 g/mol. The van der Waals surface area contributed by atoms with E-state index in [2.05, 4.69) is 17.0 Å².